The van der Waals surface area contributed by atoms with E-state index >= 15 is 0 Å². The maximum absolute atomic E-state index is 12.5. The van der Waals surface area contributed by atoms with Gasteiger partial charge in [0.05, 0.1) is 23.5 Å². The Balaban J connectivity index is 1.49. The van der Waals surface area contributed by atoms with Crippen LogP contribution in [0.4, 0.5) is 0 Å². The van der Waals surface area contributed by atoms with Crippen LogP contribution in [-0.4, -0.2) is 61.2 Å². The molecule has 1 N–H and O–H groups in total. The Bertz CT molecular complexity index is 956. The molecule has 2 aromatic rings. The molecule has 1 fully saturated rings. The van der Waals surface area contributed by atoms with Crippen LogP contribution in [0.15, 0.2) is 48.7 Å². The second-order valence-electron chi connectivity index (χ2n) is 7.70. The van der Waals surface area contributed by atoms with Crippen molar-refractivity contribution in [2.45, 2.75) is 39.1 Å². The number of hydrogen-bond acceptors (Lipinski definition) is 6. The zero-order valence-corrected chi connectivity index (χ0v) is 18.8. The third-order valence-electron chi connectivity index (χ3n) is 4.99. The fraction of sp³-hybridized carbons (Fsp3) is 0.455. The lowest BCUT2D eigenvalue weighted by molar-refractivity contribution is -0.0440. The first-order valence-electron chi connectivity index (χ1n) is 10.3. The fourth-order valence-electron chi connectivity index (χ4n) is 3.44. The number of rotatable bonds is 8. The Labute approximate surface area is 183 Å². The predicted molar refractivity (Wildman–Crippen MR) is 117 cm³/mol. The number of benzene rings is 1. The lowest BCUT2D eigenvalue weighted by atomic mass is 10.1. The summed E-state index contributed by atoms with van der Waals surface area (Å²) in [6.07, 6.45) is 0.945. The first-order chi connectivity index (χ1) is 14.7. The molecule has 0 unspecified atom stereocenters. The number of carbonyl (C=O) groups is 1. The summed E-state index contributed by atoms with van der Waals surface area (Å²) in [6, 6.07) is 13.0. The van der Waals surface area contributed by atoms with Crippen LogP contribution in [0.2, 0.25) is 0 Å². The molecule has 1 saturated heterocycles. The van der Waals surface area contributed by atoms with Gasteiger partial charge in [-0.05, 0) is 32.4 Å². The van der Waals surface area contributed by atoms with E-state index in [1.165, 1.54) is 10.5 Å². The number of pyridine rings is 1. The molecule has 1 aromatic heterocycles. The van der Waals surface area contributed by atoms with Crippen molar-refractivity contribution in [1.82, 2.24) is 14.6 Å². The van der Waals surface area contributed by atoms with Gasteiger partial charge in [0.1, 0.15) is 6.10 Å². The van der Waals surface area contributed by atoms with Gasteiger partial charge < -0.3 is 14.8 Å². The van der Waals surface area contributed by atoms with E-state index in [1.807, 2.05) is 51.1 Å². The standard InChI is InChI=1S/C22H29N3O5S/c1-16-14-25(15-17(2)29-16)31(27,28)12-11-23-22(26)20-9-10-21(24-13-20)30-18(3)19-7-5-4-6-8-19/h4-10,13,16-18H,11-12,14-15H2,1-3H3,(H,23,26)/t16-,17-,18+/m1/s1. The molecule has 3 atom stereocenters. The largest absolute Gasteiger partial charge is 0.470 e. The summed E-state index contributed by atoms with van der Waals surface area (Å²) in [5, 5.41) is 2.65. The van der Waals surface area contributed by atoms with Gasteiger partial charge in [0.25, 0.3) is 5.91 Å². The zero-order chi connectivity index (χ0) is 22.4. The third kappa shape index (κ3) is 6.49. The second-order valence-corrected chi connectivity index (χ2v) is 9.79. The van der Waals surface area contributed by atoms with Gasteiger partial charge in [-0.15, -0.1) is 0 Å². The lowest BCUT2D eigenvalue weighted by Crippen LogP contribution is -2.49. The smallest absolute Gasteiger partial charge is 0.252 e. The number of sulfonamides is 1. The number of carbonyl (C=O) groups excluding carboxylic acids is 1. The summed E-state index contributed by atoms with van der Waals surface area (Å²) >= 11 is 0. The van der Waals surface area contributed by atoms with Gasteiger partial charge >= 0.3 is 0 Å². The molecule has 0 saturated carbocycles. The number of nitrogens with zero attached hydrogens (tertiary/aromatic N) is 2. The fourth-order valence-corrected chi connectivity index (χ4v) is 4.93. The topological polar surface area (TPSA) is 97.8 Å². The quantitative estimate of drug-likeness (QED) is 0.667. The van der Waals surface area contributed by atoms with Crippen molar-refractivity contribution in [2.75, 3.05) is 25.4 Å². The number of aromatic nitrogens is 1. The maximum atomic E-state index is 12.5. The van der Waals surface area contributed by atoms with Crippen molar-refractivity contribution in [3.05, 3.63) is 59.8 Å². The molecule has 2 heterocycles. The Morgan fingerprint density at radius 1 is 1.19 bits per heavy atom. The van der Waals surface area contributed by atoms with Crippen LogP contribution >= 0.6 is 0 Å². The van der Waals surface area contributed by atoms with E-state index in [9.17, 15) is 13.2 Å². The number of amides is 1. The lowest BCUT2D eigenvalue weighted by Gasteiger charge is -2.34. The molecule has 1 aliphatic rings. The van der Waals surface area contributed by atoms with E-state index in [-0.39, 0.29) is 36.5 Å². The summed E-state index contributed by atoms with van der Waals surface area (Å²) in [5.41, 5.74) is 1.36. The van der Waals surface area contributed by atoms with Gasteiger partial charge in [-0.3, -0.25) is 4.79 Å². The highest BCUT2D eigenvalue weighted by Gasteiger charge is 2.30. The van der Waals surface area contributed by atoms with Crippen molar-refractivity contribution in [2.24, 2.45) is 0 Å². The Kier molecular flexibility index (Phi) is 7.64. The van der Waals surface area contributed by atoms with Crippen LogP contribution in [-0.2, 0) is 14.8 Å². The van der Waals surface area contributed by atoms with Gasteiger partial charge in [-0.2, -0.15) is 4.31 Å². The van der Waals surface area contributed by atoms with Crippen LogP contribution in [0, 0.1) is 0 Å². The Morgan fingerprint density at radius 3 is 2.48 bits per heavy atom. The van der Waals surface area contributed by atoms with Gasteiger partial charge in [0.2, 0.25) is 15.9 Å². The molecule has 168 valence electrons. The summed E-state index contributed by atoms with van der Waals surface area (Å²) < 4.78 is 37.9. The normalized spacial score (nSPS) is 20.7. The predicted octanol–water partition coefficient (Wildman–Crippen LogP) is 2.39. The summed E-state index contributed by atoms with van der Waals surface area (Å²) in [6.45, 7) is 6.29. The van der Waals surface area contributed by atoms with Gasteiger partial charge in [0.15, 0.2) is 0 Å². The molecule has 1 aliphatic heterocycles. The van der Waals surface area contributed by atoms with Gasteiger partial charge in [-0.25, -0.2) is 13.4 Å². The van der Waals surface area contributed by atoms with E-state index in [0.29, 0.717) is 24.5 Å². The summed E-state index contributed by atoms with van der Waals surface area (Å²) in [5.74, 6) is -0.137. The van der Waals surface area contributed by atoms with E-state index in [1.54, 1.807) is 12.1 Å². The molecular formula is C22H29N3O5S. The average molecular weight is 448 g/mol. The van der Waals surface area contributed by atoms with Crippen molar-refractivity contribution >= 4 is 15.9 Å². The van der Waals surface area contributed by atoms with E-state index in [2.05, 4.69) is 10.3 Å². The minimum Gasteiger partial charge on any atom is -0.470 e. The molecule has 0 aliphatic carbocycles. The van der Waals surface area contributed by atoms with Crippen molar-refractivity contribution in [3.63, 3.8) is 0 Å². The van der Waals surface area contributed by atoms with Gasteiger partial charge in [0, 0.05) is 31.9 Å². The molecule has 0 bridgehead atoms. The van der Waals surface area contributed by atoms with E-state index in [4.69, 9.17) is 9.47 Å². The number of ether oxygens (including phenoxy) is 2. The average Bonchev–Trinajstić information content (AvgIpc) is 2.74. The molecule has 31 heavy (non-hydrogen) atoms. The number of nitrogens with one attached hydrogen (secondary N) is 1. The highest BCUT2D eigenvalue weighted by molar-refractivity contribution is 7.89. The minimum absolute atomic E-state index is 0.0184. The molecular weight excluding hydrogens is 418 g/mol. The molecule has 3 rings (SSSR count). The van der Waals surface area contributed by atoms with Gasteiger partial charge in [-0.1, -0.05) is 30.3 Å². The number of morpholine rings is 1. The minimum atomic E-state index is -3.47. The van der Waals surface area contributed by atoms with Crippen LogP contribution in [0.25, 0.3) is 0 Å². The molecule has 0 radical (unpaired) electrons. The summed E-state index contributed by atoms with van der Waals surface area (Å²) in [4.78, 5) is 16.5. The highest BCUT2D eigenvalue weighted by Crippen LogP contribution is 2.20. The zero-order valence-electron chi connectivity index (χ0n) is 18.0. The molecule has 8 nitrogen and oxygen atoms in total. The first kappa shape index (κ1) is 23.2. The molecule has 1 aromatic carbocycles. The van der Waals surface area contributed by atoms with Crippen molar-refractivity contribution < 1.29 is 22.7 Å². The highest BCUT2D eigenvalue weighted by atomic mass is 32.2. The van der Waals surface area contributed by atoms with Crippen molar-refractivity contribution in [1.29, 1.82) is 0 Å². The SMILES string of the molecule is C[C@@H]1CN(S(=O)(=O)CCNC(=O)c2ccc(O[C@@H](C)c3ccccc3)nc2)C[C@@H](C)O1. The maximum Gasteiger partial charge on any atom is 0.252 e. The van der Waals surface area contributed by atoms with Crippen LogP contribution in [0.5, 0.6) is 5.88 Å². The molecule has 0 spiro atoms. The van der Waals surface area contributed by atoms with Crippen LogP contribution < -0.4 is 10.1 Å². The van der Waals surface area contributed by atoms with E-state index in [0.717, 1.165) is 5.56 Å². The molecule has 9 heteroatoms. The summed E-state index contributed by atoms with van der Waals surface area (Å²) in [7, 11) is -3.47. The monoisotopic (exact) mass is 447 g/mol. The van der Waals surface area contributed by atoms with Crippen LogP contribution in [0.3, 0.4) is 0 Å². The third-order valence-corrected chi connectivity index (χ3v) is 6.80. The van der Waals surface area contributed by atoms with Crippen LogP contribution in [0.1, 0.15) is 42.8 Å². The first-order valence-corrected chi connectivity index (χ1v) is 11.9. The Hall–Kier alpha value is -2.49. The molecule has 1 amide bonds. The second kappa shape index (κ2) is 10.2. The van der Waals surface area contributed by atoms with E-state index < -0.39 is 10.0 Å². The van der Waals surface area contributed by atoms with Crippen molar-refractivity contribution in [3.8, 4) is 5.88 Å². The number of hydrogen-bond donors (Lipinski definition) is 1. The Morgan fingerprint density at radius 2 is 1.87 bits per heavy atom.